The van der Waals surface area contributed by atoms with Crippen LogP contribution in [0.1, 0.15) is 82.6 Å². The summed E-state index contributed by atoms with van der Waals surface area (Å²) in [5.74, 6) is -5.50. The fraction of sp³-hybridized carbons (Fsp3) is 0.735. The number of aliphatic hydroxyl groups is 1. The third-order valence-electron chi connectivity index (χ3n) is 10.3. The minimum Gasteiger partial charge on any atom is -0.461 e. The van der Waals surface area contributed by atoms with Crippen molar-refractivity contribution in [2.75, 3.05) is 6.61 Å². The molecule has 2 N–H and O–H groups in total. The zero-order chi connectivity index (χ0) is 34.0. The van der Waals surface area contributed by atoms with E-state index in [1.165, 1.54) is 13.8 Å². The van der Waals surface area contributed by atoms with E-state index in [2.05, 4.69) is 5.32 Å². The van der Waals surface area contributed by atoms with Crippen molar-refractivity contribution in [1.29, 1.82) is 0 Å². The van der Waals surface area contributed by atoms with Gasteiger partial charge in [-0.25, -0.2) is 9.59 Å². The Morgan fingerprint density at radius 3 is 2.22 bits per heavy atom. The Hall–Kier alpha value is -3.21. The number of alkyl carbamates (subject to hydrolysis) is 1. The van der Waals surface area contributed by atoms with Crippen molar-refractivity contribution in [3.63, 3.8) is 0 Å². The maximum Gasteiger partial charge on any atom is 0.408 e. The lowest BCUT2D eigenvalue weighted by Crippen LogP contribution is -2.64. The summed E-state index contributed by atoms with van der Waals surface area (Å²) in [5, 5.41) is 15.6. The predicted octanol–water partition coefficient (Wildman–Crippen LogP) is 4.06. The number of rotatable bonds is 7. The van der Waals surface area contributed by atoms with Gasteiger partial charge >= 0.3 is 24.0 Å². The largest absolute Gasteiger partial charge is 0.461 e. The molecule has 0 saturated heterocycles. The molecule has 0 bridgehead atoms. The van der Waals surface area contributed by atoms with Crippen LogP contribution in [-0.4, -0.2) is 70.4 Å². The number of carbonyl (C=O) groups excluding carboxylic acids is 5. The molecule has 4 rings (SSSR count). The van der Waals surface area contributed by atoms with Crippen LogP contribution in [0.4, 0.5) is 4.79 Å². The van der Waals surface area contributed by atoms with Crippen molar-refractivity contribution in [3.05, 3.63) is 23.3 Å². The maximum absolute atomic E-state index is 13.9. The van der Waals surface area contributed by atoms with Crippen molar-refractivity contribution >= 4 is 29.8 Å². The highest BCUT2D eigenvalue weighted by atomic mass is 16.6. The van der Waals surface area contributed by atoms with Crippen LogP contribution in [0.2, 0.25) is 0 Å². The molecule has 1 amide bonds. The van der Waals surface area contributed by atoms with Crippen LogP contribution in [0.5, 0.6) is 0 Å². The molecule has 11 heteroatoms. The predicted molar refractivity (Wildman–Crippen MR) is 162 cm³/mol. The Kier molecular flexibility index (Phi) is 8.89. The van der Waals surface area contributed by atoms with E-state index in [0.29, 0.717) is 11.1 Å². The monoisotopic (exact) mass is 631 g/mol. The number of esters is 3. The molecule has 0 radical (unpaired) electrons. The minimum absolute atomic E-state index is 0.0373. The van der Waals surface area contributed by atoms with Gasteiger partial charge in [0.25, 0.3) is 0 Å². The molecule has 0 aliphatic heterocycles. The Morgan fingerprint density at radius 1 is 1.07 bits per heavy atom. The topological polar surface area (TPSA) is 155 Å². The number of amides is 1. The first-order valence-corrected chi connectivity index (χ1v) is 15.8. The number of fused-ring (bicyclic) bond motifs is 5. The van der Waals surface area contributed by atoms with Crippen molar-refractivity contribution < 1.29 is 48.0 Å². The highest BCUT2D eigenvalue weighted by molar-refractivity contribution is 6.00. The van der Waals surface area contributed by atoms with Crippen molar-refractivity contribution in [2.24, 2.45) is 40.9 Å². The molecule has 9 atom stereocenters. The van der Waals surface area contributed by atoms with Gasteiger partial charge in [0.1, 0.15) is 24.4 Å². The van der Waals surface area contributed by atoms with Gasteiger partial charge in [-0.3, -0.25) is 14.4 Å². The summed E-state index contributed by atoms with van der Waals surface area (Å²) in [6.45, 7) is 18.5. The van der Waals surface area contributed by atoms with Crippen molar-refractivity contribution in [2.45, 2.75) is 112 Å². The summed E-state index contributed by atoms with van der Waals surface area (Å²) in [6.07, 6.45) is 2.06. The average molecular weight is 632 g/mol. The third-order valence-corrected chi connectivity index (χ3v) is 10.3. The number of carbonyl (C=O) groups is 5. The number of ether oxygens (including phenoxy) is 4. The second kappa shape index (κ2) is 11.5. The molecule has 0 aromatic carbocycles. The van der Waals surface area contributed by atoms with Crippen LogP contribution in [0.3, 0.4) is 0 Å². The number of ketones is 1. The highest BCUT2D eigenvalue weighted by Gasteiger charge is 2.87. The molecule has 4 aliphatic carbocycles. The summed E-state index contributed by atoms with van der Waals surface area (Å²) in [4.78, 5) is 64.5. The Balaban J connectivity index is 1.82. The quantitative estimate of drug-likeness (QED) is 0.239. The molecule has 250 valence electrons. The molecule has 0 aromatic rings. The molecule has 0 unspecified atom stereocenters. The lowest BCUT2D eigenvalue weighted by molar-refractivity contribution is -0.221. The molecule has 0 aromatic heterocycles. The number of nitrogens with one attached hydrogen (secondary N) is 1. The lowest BCUT2D eigenvalue weighted by atomic mass is 9.59. The van der Waals surface area contributed by atoms with E-state index in [1.807, 2.05) is 19.9 Å². The van der Waals surface area contributed by atoms with Gasteiger partial charge in [-0.05, 0) is 51.2 Å². The fourth-order valence-electron chi connectivity index (χ4n) is 8.31. The Labute approximate surface area is 265 Å². The SMILES string of the molecule is CC(=O)OCC1=C[C@H]2[C@@H]3C(C)(C)[C@]3(OC(C)=O)[C@H](OC(=O)[C@H](NC(=O)OC(C)(C)C)C(C)C)[C@@H](C)[C@]2(O)[C@@H]2C=C(C)C(=O)[C@@H]2C1. The van der Waals surface area contributed by atoms with Crippen molar-refractivity contribution in [1.82, 2.24) is 5.32 Å². The second-order valence-electron chi connectivity index (χ2n) is 15.2. The van der Waals surface area contributed by atoms with Gasteiger partial charge in [-0.1, -0.05) is 46.8 Å². The molecule has 2 saturated carbocycles. The average Bonchev–Trinajstić information content (AvgIpc) is 3.28. The Bertz CT molecular complexity index is 1340. The number of hydrogen-bond donors (Lipinski definition) is 2. The highest BCUT2D eigenvalue weighted by Crippen LogP contribution is 2.77. The second-order valence-corrected chi connectivity index (χ2v) is 15.2. The fourth-order valence-corrected chi connectivity index (χ4v) is 8.31. The van der Waals surface area contributed by atoms with E-state index >= 15 is 0 Å². The molecule has 45 heavy (non-hydrogen) atoms. The van der Waals surface area contributed by atoms with Gasteiger partial charge in [0.15, 0.2) is 11.4 Å². The summed E-state index contributed by atoms with van der Waals surface area (Å²) in [5.41, 5.74) is -3.26. The number of hydrogen-bond acceptors (Lipinski definition) is 10. The summed E-state index contributed by atoms with van der Waals surface area (Å²) in [7, 11) is 0. The molecule has 2 fully saturated rings. The first-order valence-electron chi connectivity index (χ1n) is 15.8. The summed E-state index contributed by atoms with van der Waals surface area (Å²) >= 11 is 0. The smallest absolute Gasteiger partial charge is 0.408 e. The summed E-state index contributed by atoms with van der Waals surface area (Å²) < 4.78 is 23.1. The zero-order valence-corrected chi connectivity index (χ0v) is 28.3. The van der Waals surface area contributed by atoms with Crippen LogP contribution in [0, 0.1) is 40.9 Å². The van der Waals surface area contributed by atoms with E-state index in [0.717, 1.165) is 0 Å². The van der Waals surface area contributed by atoms with E-state index in [1.54, 1.807) is 54.5 Å². The van der Waals surface area contributed by atoms with E-state index in [-0.39, 0.29) is 24.7 Å². The van der Waals surface area contributed by atoms with Crippen molar-refractivity contribution in [3.8, 4) is 0 Å². The van der Waals surface area contributed by atoms with Gasteiger partial charge in [0.2, 0.25) is 0 Å². The first kappa shape index (κ1) is 34.7. The van der Waals surface area contributed by atoms with Gasteiger partial charge in [-0.15, -0.1) is 0 Å². The molecular weight excluding hydrogens is 582 g/mol. The van der Waals surface area contributed by atoms with Gasteiger partial charge in [0, 0.05) is 48.9 Å². The van der Waals surface area contributed by atoms with E-state index in [4.69, 9.17) is 18.9 Å². The Morgan fingerprint density at radius 2 is 1.69 bits per heavy atom. The standard InChI is InChI=1S/C34H49NO10/c1-16(2)25(35-30(40)45-31(7,8)9)29(39)43-28-18(4)33(41)23-12-17(3)26(38)22(23)13-21(15-42-19(5)36)14-24(33)27-32(10,11)34(27,28)44-20(6)37/h12,14,16,18,22-25,27-28,41H,13,15H2,1-11H3,(H,35,40)/t18-,22-,23-,24+,25-,27-,28-,33+,34-/m1/s1. The number of Topliss-reactive ketones (excluding diaryl/α,β-unsaturated/α-hetero) is 1. The molecule has 0 spiro atoms. The minimum atomic E-state index is -1.60. The van der Waals surface area contributed by atoms with Crippen LogP contribution in [-0.2, 0) is 38.1 Å². The maximum atomic E-state index is 13.9. The van der Waals surface area contributed by atoms with E-state index in [9.17, 15) is 29.1 Å². The lowest BCUT2D eigenvalue weighted by Gasteiger charge is -2.52. The van der Waals surface area contributed by atoms with Crippen LogP contribution in [0.15, 0.2) is 23.3 Å². The van der Waals surface area contributed by atoms with Gasteiger partial charge in [-0.2, -0.15) is 0 Å². The third kappa shape index (κ3) is 5.81. The zero-order valence-electron chi connectivity index (χ0n) is 28.3. The molecular formula is C34H49NO10. The molecule has 4 aliphatic rings. The van der Waals surface area contributed by atoms with Gasteiger partial charge < -0.3 is 29.4 Å². The van der Waals surface area contributed by atoms with Crippen LogP contribution >= 0.6 is 0 Å². The van der Waals surface area contributed by atoms with E-state index < -0.39 is 88.0 Å². The molecule has 0 heterocycles. The van der Waals surface area contributed by atoms with Crippen LogP contribution in [0.25, 0.3) is 0 Å². The molecule has 11 nitrogen and oxygen atoms in total. The van der Waals surface area contributed by atoms with Crippen LogP contribution < -0.4 is 5.32 Å². The normalized spacial score (nSPS) is 35.4. The first-order chi connectivity index (χ1) is 20.6. The summed E-state index contributed by atoms with van der Waals surface area (Å²) in [6, 6.07) is -1.10. The van der Waals surface area contributed by atoms with Gasteiger partial charge in [0.05, 0.1) is 5.60 Å². The number of allylic oxidation sites excluding steroid dienone is 1.